The molecule has 1 unspecified atom stereocenters. The van der Waals surface area contributed by atoms with E-state index in [1.165, 1.54) is 0 Å². The number of fused-ring (bicyclic) bond motifs is 1. The summed E-state index contributed by atoms with van der Waals surface area (Å²) < 4.78 is 11.3. The molecular formula is C20H32N2O5. The second kappa shape index (κ2) is 11.1. The summed E-state index contributed by atoms with van der Waals surface area (Å²) in [5, 5.41) is 23.3. The van der Waals surface area contributed by atoms with Crippen LogP contribution in [-0.4, -0.2) is 53.7 Å². The summed E-state index contributed by atoms with van der Waals surface area (Å²) in [5.41, 5.74) is 3.90. The van der Waals surface area contributed by atoms with Gasteiger partial charge in [-0.05, 0) is 50.7 Å². The minimum absolute atomic E-state index is 0.00568. The maximum atomic E-state index is 11.7. The number of allylic oxidation sites excluding steroid dienone is 3. The first-order chi connectivity index (χ1) is 13.0. The number of nitrogens with one attached hydrogen (secondary N) is 1. The molecule has 27 heavy (non-hydrogen) atoms. The molecule has 2 heterocycles. The van der Waals surface area contributed by atoms with Crippen molar-refractivity contribution in [1.82, 2.24) is 5.32 Å². The summed E-state index contributed by atoms with van der Waals surface area (Å²) in [6.07, 6.45) is 15.5. The Kier molecular flexibility index (Phi) is 8.84. The Morgan fingerprint density at radius 2 is 1.89 bits per heavy atom. The Morgan fingerprint density at radius 1 is 1.19 bits per heavy atom. The molecule has 0 aliphatic carbocycles. The zero-order chi connectivity index (χ0) is 19.5. The largest absolute Gasteiger partial charge is 0.494 e. The van der Waals surface area contributed by atoms with Gasteiger partial charge in [0, 0.05) is 19.2 Å². The molecule has 0 saturated carbocycles. The minimum Gasteiger partial charge on any atom is -0.494 e. The van der Waals surface area contributed by atoms with Crippen molar-refractivity contribution in [2.45, 2.75) is 62.6 Å². The fourth-order valence-electron chi connectivity index (χ4n) is 3.11. The normalized spacial score (nSPS) is 32.6. The van der Waals surface area contributed by atoms with Gasteiger partial charge in [-0.1, -0.05) is 12.2 Å². The SMILES string of the molecule is N[C@H]1COCCCC/C=C/CCCCOC2=CC(C[C@]1(O)C(=O)O)NC=C2. The number of rotatable bonds is 1. The van der Waals surface area contributed by atoms with E-state index in [1.807, 2.05) is 0 Å². The molecule has 152 valence electrons. The smallest absolute Gasteiger partial charge is 0.337 e. The fraction of sp³-hybridized carbons (Fsp3) is 0.650. The molecule has 0 spiro atoms. The van der Waals surface area contributed by atoms with Crippen molar-refractivity contribution in [2.24, 2.45) is 5.73 Å². The highest BCUT2D eigenvalue weighted by Gasteiger charge is 2.44. The van der Waals surface area contributed by atoms with Gasteiger partial charge in [-0.3, -0.25) is 0 Å². The maximum absolute atomic E-state index is 11.7. The number of aliphatic carboxylic acids is 1. The van der Waals surface area contributed by atoms with Gasteiger partial charge < -0.3 is 30.7 Å². The Balaban J connectivity index is 2.05. The van der Waals surface area contributed by atoms with Crippen molar-refractivity contribution in [1.29, 1.82) is 0 Å². The summed E-state index contributed by atoms with van der Waals surface area (Å²) in [6, 6.07) is -1.41. The highest BCUT2D eigenvalue weighted by molar-refractivity contribution is 5.78. The van der Waals surface area contributed by atoms with Crippen LogP contribution in [0.1, 0.15) is 44.9 Å². The first-order valence-electron chi connectivity index (χ1n) is 9.73. The minimum atomic E-state index is -2.09. The molecule has 0 radical (unpaired) electrons. The third-order valence-electron chi connectivity index (χ3n) is 4.85. The van der Waals surface area contributed by atoms with Crippen LogP contribution < -0.4 is 11.1 Å². The molecule has 2 bridgehead atoms. The van der Waals surface area contributed by atoms with Gasteiger partial charge in [0.15, 0.2) is 5.60 Å². The molecule has 7 heteroatoms. The Hall–Kier alpha value is -1.83. The summed E-state index contributed by atoms with van der Waals surface area (Å²) in [6.45, 7) is 1.10. The van der Waals surface area contributed by atoms with E-state index in [9.17, 15) is 15.0 Å². The lowest BCUT2D eigenvalue weighted by Gasteiger charge is -2.33. The summed E-state index contributed by atoms with van der Waals surface area (Å²) in [5.74, 6) is -0.674. The Bertz CT molecular complexity index is 561. The van der Waals surface area contributed by atoms with Crippen molar-refractivity contribution in [3.8, 4) is 0 Å². The second-order valence-corrected chi connectivity index (χ2v) is 7.10. The van der Waals surface area contributed by atoms with E-state index in [0.717, 1.165) is 38.5 Å². The molecule has 0 saturated heterocycles. The van der Waals surface area contributed by atoms with Gasteiger partial charge in [-0.15, -0.1) is 0 Å². The highest BCUT2D eigenvalue weighted by atomic mass is 16.5. The quantitative estimate of drug-likeness (QED) is 0.513. The lowest BCUT2D eigenvalue weighted by atomic mass is 9.87. The van der Waals surface area contributed by atoms with Crippen LogP contribution in [-0.2, 0) is 14.3 Å². The lowest BCUT2D eigenvalue weighted by molar-refractivity contribution is -0.164. The maximum Gasteiger partial charge on any atom is 0.337 e. The number of dihydropyridines is 1. The number of hydrogen-bond donors (Lipinski definition) is 4. The Morgan fingerprint density at radius 3 is 2.59 bits per heavy atom. The van der Waals surface area contributed by atoms with Crippen molar-refractivity contribution in [2.75, 3.05) is 19.8 Å². The molecule has 0 aromatic heterocycles. The van der Waals surface area contributed by atoms with Gasteiger partial charge in [0.25, 0.3) is 0 Å². The molecule has 2 aliphatic heterocycles. The molecular weight excluding hydrogens is 348 g/mol. The highest BCUT2D eigenvalue weighted by Crippen LogP contribution is 2.21. The van der Waals surface area contributed by atoms with Crippen LogP contribution in [0.4, 0.5) is 0 Å². The number of ether oxygens (including phenoxy) is 2. The number of carbonyl (C=O) groups is 1. The number of nitrogens with two attached hydrogens (primary N) is 1. The van der Waals surface area contributed by atoms with Gasteiger partial charge in [-0.25, -0.2) is 4.79 Å². The first-order valence-corrected chi connectivity index (χ1v) is 9.73. The van der Waals surface area contributed by atoms with Crippen LogP contribution >= 0.6 is 0 Å². The number of carboxylic acids is 1. The van der Waals surface area contributed by atoms with Crippen LogP contribution in [0.3, 0.4) is 0 Å². The summed E-state index contributed by atoms with van der Waals surface area (Å²) in [4.78, 5) is 11.7. The predicted octanol–water partition coefficient (Wildman–Crippen LogP) is 1.83. The standard InChI is InChI=1S/C20H32N2O5/c21-18-15-26-11-7-5-3-1-2-4-6-8-12-27-17-9-10-22-16(13-17)14-20(18,25)19(23)24/h1-2,9-10,13,16,18,22,25H,3-8,11-12,14-15,21H2,(H,23,24)/b2-1+/t16?,18-,20+/m0/s1. The molecule has 2 rings (SSSR count). The average molecular weight is 380 g/mol. The molecule has 2 aliphatic rings. The average Bonchev–Trinajstić information content (AvgIpc) is 2.64. The molecule has 0 amide bonds. The van der Waals surface area contributed by atoms with Crippen molar-refractivity contribution in [3.63, 3.8) is 0 Å². The summed E-state index contributed by atoms with van der Waals surface area (Å²) in [7, 11) is 0. The van der Waals surface area contributed by atoms with E-state index in [1.54, 1.807) is 18.4 Å². The van der Waals surface area contributed by atoms with Gasteiger partial charge >= 0.3 is 5.97 Å². The molecule has 0 aromatic rings. The van der Waals surface area contributed by atoms with E-state index < -0.39 is 17.6 Å². The molecule has 5 N–H and O–H groups in total. The first kappa shape index (κ1) is 21.5. The van der Waals surface area contributed by atoms with Gasteiger partial charge in [-0.2, -0.15) is 0 Å². The van der Waals surface area contributed by atoms with E-state index >= 15 is 0 Å². The zero-order valence-corrected chi connectivity index (χ0v) is 15.8. The van der Waals surface area contributed by atoms with E-state index in [4.69, 9.17) is 15.2 Å². The van der Waals surface area contributed by atoms with Crippen molar-refractivity contribution in [3.05, 3.63) is 36.3 Å². The number of aliphatic hydroxyl groups is 1. The topological polar surface area (TPSA) is 114 Å². The predicted molar refractivity (Wildman–Crippen MR) is 103 cm³/mol. The molecule has 0 fully saturated rings. The van der Waals surface area contributed by atoms with E-state index in [-0.39, 0.29) is 19.1 Å². The monoisotopic (exact) mass is 380 g/mol. The van der Waals surface area contributed by atoms with E-state index in [2.05, 4.69) is 17.5 Å². The third-order valence-corrected chi connectivity index (χ3v) is 4.85. The molecule has 7 nitrogen and oxygen atoms in total. The van der Waals surface area contributed by atoms with Crippen LogP contribution in [0.2, 0.25) is 0 Å². The van der Waals surface area contributed by atoms with Crippen molar-refractivity contribution < 1.29 is 24.5 Å². The van der Waals surface area contributed by atoms with E-state index in [0.29, 0.717) is 19.0 Å². The van der Waals surface area contributed by atoms with Crippen LogP contribution in [0, 0.1) is 0 Å². The fourth-order valence-corrected chi connectivity index (χ4v) is 3.11. The molecule has 0 aromatic carbocycles. The Labute approximate surface area is 160 Å². The number of hydrogen-bond acceptors (Lipinski definition) is 6. The van der Waals surface area contributed by atoms with Crippen LogP contribution in [0.25, 0.3) is 0 Å². The number of carboxylic acid groups (broad SMARTS) is 1. The van der Waals surface area contributed by atoms with Crippen LogP contribution in [0.5, 0.6) is 0 Å². The summed E-state index contributed by atoms with van der Waals surface area (Å²) >= 11 is 0. The van der Waals surface area contributed by atoms with Crippen molar-refractivity contribution >= 4 is 5.97 Å². The lowest BCUT2D eigenvalue weighted by Crippen LogP contribution is -2.58. The zero-order valence-electron chi connectivity index (χ0n) is 15.8. The van der Waals surface area contributed by atoms with Gasteiger partial charge in [0.05, 0.1) is 25.3 Å². The second-order valence-electron chi connectivity index (χ2n) is 7.10. The van der Waals surface area contributed by atoms with Crippen LogP contribution in [0.15, 0.2) is 36.3 Å². The molecule has 3 atom stereocenters. The van der Waals surface area contributed by atoms with Gasteiger partial charge in [0.2, 0.25) is 0 Å². The van der Waals surface area contributed by atoms with Gasteiger partial charge in [0.1, 0.15) is 5.76 Å². The third kappa shape index (κ3) is 7.01.